The van der Waals surface area contributed by atoms with Gasteiger partial charge in [0.1, 0.15) is 0 Å². The topological polar surface area (TPSA) is 46.5 Å². The number of esters is 1. The predicted molar refractivity (Wildman–Crippen MR) is 89.4 cm³/mol. The third-order valence-electron chi connectivity index (χ3n) is 3.93. The molecule has 1 aromatic carbocycles. The standard InChI is InChI=1S/C17H26O3Si/c1-5-7-13-20-17(19)16(18)15(6-2)21(3,4)14-11-9-8-10-12-14/h6,8-12,15-16,18H,2,5,7,13H2,1,3-4H3/t15-,16-/m1/s1. The fourth-order valence-corrected chi connectivity index (χ4v) is 5.38. The number of rotatable bonds is 8. The minimum absolute atomic E-state index is 0.269. The van der Waals surface area contributed by atoms with Crippen molar-refractivity contribution in [1.82, 2.24) is 0 Å². The molecule has 0 amide bonds. The van der Waals surface area contributed by atoms with Gasteiger partial charge in [0.15, 0.2) is 6.10 Å². The van der Waals surface area contributed by atoms with Crippen LogP contribution in [0.3, 0.4) is 0 Å². The van der Waals surface area contributed by atoms with Crippen molar-refractivity contribution in [2.45, 2.75) is 44.5 Å². The van der Waals surface area contributed by atoms with Crippen LogP contribution in [-0.2, 0) is 9.53 Å². The smallest absolute Gasteiger partial charge is 0.335 e. The molecule has 0 spiro atoms. The van der Waals surface area contributed by atoms with E-state index in [-0.39, 0.29) is 5.54 Å². The number of unbranched alkanes of at least 4 members (excludes halogenated alkanes) is 1. The van der Waals surface area contributed by atoms with Crippen molar-refractivity contribution < 1.29 is 14.6 Å². The summed E-state index contributed by atoms with van der Waals surface area (Å²) >= 11 is 0. The summed E-state index contributed by atoms with van der Waals surface area (Å²) in [5.41, 5.74) is -0.269. The van der Waals surface area contributed by atoms with E-state index in [4.69, 9.17) is 4.74 Å². The van der Waals surface area contributed by atoms with Gasteiger partial charge >= 0.3 is 5.97 Å². The van der Waals surface area contributed by atoms with Crippen LogP contribution >= 0.6 is 0 Å². The molecule has 1 rings (SSSR count). The summed E-state index contributed by atoms with van der Waals surface area (Å²) in [6.07, 6.45) is 2.33. The second-order valence-electron chi connectivity index (χ2n) is 5.82. The number of ether oxygens (including phenoxy) is 1. The van der Waals surface area contributed by atoms with E-state index in [0.717, 1.165) is 12.8 Å². The average molecular weight is 306 g/mol. The number of aliphatic hydroxyl groups excluding tert-OH is 1. The first kappa shape index (κ1) is 17.7. The van der Waals surface area contributed by atoms with Gasteiger partial charge in [-0.2, -0.15) is 0 Å². The van der Waals surface area contributed by atoms with E-state index >= 15 is 0 Å². The molecule has 0 aliphatic carbocycles. The molecule has 3 nitrogen and oxygen atoms in total. The zero-order valence-corrected chi connectivity index (χ0v) is 14.2. The van der Waals surface area contributed by atoms with Crippen molar-refractivity contribution >= 4 is 19.2 Å². The van der Waals surface area contributed by atoms with Crippen LogP contribution in [0.15, 0.2) is 43.0 Å². The Morgan fingerprint density at radius 1 is 1.38 bits per heavy atom. The average Bonchev–Trinajstić information content (AvgIpc) is 2.48. The maximum absolute atomic E-state index is 12.0. The summed E-state index contributed by atoms with van der Waals surface area (Å²) in [6.45, 7) is 10.5. The molecule has 0 radical (unpaired) electrons. The Labute approximate surface area is 128 Å². The highest BCUT2D eigenvalue weighted by Crippen LogP contribution is 2.27. The number of hydrogen-bond acceptors (Lipinski definition) is 3. The van der Waals surface area contributed by atoms with E-state index in [9.17, 15) is 9.90 Å². The first-order chi connectivity index (χ1) is 9.95. The van der Waals surface area contributed by atoms with E-state index in [2.05, 4.69) is 31.8 Å². The largest absolute Gasteiger partial charge is 0.464 e. The number of hydrogen-bond donors (Lipinski definition) is 1. The molecule has 4 heteroatoms. The second kappa shape index (κ2) is 8.15. The zero-order valence-electron chi connectivity index (χ0n) is 13.2. The van der Waals surface area contributed by atoms with Gasteiger partial charge in [-0.3, -0.25) is 0 Å². The first-order valence-corrected chi connectivity index (χ1v) is 10.6. The maximum Gasteiger partial charge on any atom is 0.335 e. The van der Waals surface area contributed by atoms with Crippen molar-refractivity contribution in [3.05, 3.63) is 43.0 Å². The Hall–Kier alpha value is -1.39. The number of carbonyl (C=O) groups excluding carboxylic acids is 1. The third kappa shape index (κ3) is 4.54. The van der Waals surface area contributed by atoms with E-state index in [1.807, 2.05) is 25.1 Å². The molecule has 0 bridgehead atoms. The lowest BCUT2D eigenvalue weighted by Gasteiger charge is -2.33. The van der Waals surface area contributed by atoms with Crippen LogP contribution < -0.4 is 5.19 Å². The molecular weight excluding hydrogens is 280 g/mol. The molecule has 2 atom stereocenters. The highest BCUT2D eigenvalue weighted by molar-refractivity contribution is 6.91. The van der Waals surface area contributed by atoms with Crippen LogP contribution in [0.5, 0.6) is 0 Å². The fourth-order valence-electron chi connectivity index (χ4n) is 2.43. The van der Waals surface area contributed by atoms with E-state index in [1.54, 1.807) is 6.08 Å². The van der Waals surface area contributed by atoms with Gasteiger partial charge in [0.05, 0.1) is 14.7 Å². The van der Waals surface area contributed by atoms with Crippen LogP contribution in [0.1, 0.15) is 19.8 Å². The quantitative estimate of drug-likeness (QED) is 0.348. The van der Waals surface area contributed by atoms with Crippen LogP contribution in [0.4, 0.5) is 0 Å². The lowest BCUT2D eigenvalue weighted by Crippen LogP contribution is -2.51. The minimum Gasteiger partial charge on any atom is -0.464 e. The lowest BCUT2D eigenvalue weighted by molar-refractivity contribution is -0.153. The molecule has 1 aromatic rings. The van der Waals surface area contributed by atoms with Crippen LogP contribution in [-0.4, -0.2) is 31.9 Å². The normalized spacial score (nSPS) is 14.3. The van der Waals surface area contributed by atoms with Crippen molar-refractivity contribution in [2.75, 3.05) is 6.61 Å². The summed E-state index contributed by atoms with van der Waals surface area (Å²) in [4.78, 5) is 12.0. The van der Waals surface area contributed by atoms with Crippen molar-refractivity contribution in [2.24, 2.45) is 0 Å². The van der Waals surface area contributed by atoms with E-state index in [0.29, 0.717) is 6.61 Å². The van der Waals surface area contributed by atoms with Gasteiger partial charge in [-0.1, -0.05) is 68.0 Å². The van der Waals surface area contributed by atoms with Gasteiger partial charge in [0.2, 0.25) is 0 Å². The van der Waals surface area contributed by atoms with Gasteiger partial charge in [-0.15, -0.1) is 6.58 Å². The van der Waals surface area contributed by atoms with Crippen LogP contribution in [0, 0.1) is 0 Å². The Morgan fingerprint density at radius 2 is 2.00 bits per heavy atom. The SMILES string of the molecule is C=C[C@H]([C@@H](O)C(=O)OCCCC)[Si](C)(C)c1ccccc1. The third-order valence-corrected chi connectivity index (χ3v) is 7.97. The summed E-state index contributed by atoms with van der Waals surface area (Å²) in [5.74, 6) is -0.537. The molecule has 1 N–H and O–H groups in total. The number of benzene rings is 1. The molecule has 21 heavy (non-hydrogen) atoms. The zero-order chi connectivity index (χ0) is 15.9. The summed E-state index contributed by atoms with van der Waals surface area (Å²) < 4.78 is 5.14. The molecule has 116 valence electrons. The molecule has 0 aliphatic rings. The van der Waals surface area contributed by atoms with Crippen molar-refractivity contribution in [3.8, 4) is 0 Å². The molecule has 0 aromatic heterocycles. The monoisotopic (exact) mass is 306 g/mol. The summed E-state index contributed by atoms with van der Waals surface area (Å²) in [7, 11) is -2.05. The van der Waals surface area contributed by atoms with Gasteiger partial charge in [-0.25, -0.2) is 4.79 Å². The van der Waals surface area contributed by atoms with Gasteiger partial charge in [0, 0.05) is 5.54 Å². The Kier molecular flexibility index (Phi) is 6.85. The number of aliphatic hydroxyl groups is 1. The first-order valence-electron chi connectivity index (χ1n) is 7.48. The Bertz CT molecular complexity index is 456. The fraction of sp³-hybridized carbons (Fsp3) is 0.471. The highest BCUT2D eigenvalue weighted by Gasteiger charge is 2.40. The van der Waals surface area contributed by atoms with Crippen LogP contribution in [0.2, 0.25) is 18.6 Å². The molecule has 0 unspecified atom stereocenters. The molecular formula is C17H26O3Si. The lowest BCUT2D eigenvalue weighted by atomic mass is 10.2. The van der Waals surface area contributed by atoms with Gasteiger partial charge in [-0.05, 0) is 6.42 Å². The van der Waals surface area contributed by atoms with Gasteiger partial charge in [0.25, 0.3) is 0 Å². The maximum atomic E-state index is 12.0. The summed E-state index contributed by atoms with van der Waals surface area (Å²) in [6, 6.07) is 10.0. The second-order valence-corrected chi connectivity index (χ2v) is 10.5. The predicted octanol–water partition coefficient (Wildman–Crippen LogP) is 2.86. The van der Waals surface area contributed by atoms with E-state index < -0.39 is 20.1 Å². The Balaban J connectivity index is 2.86. The van der Waals surface area contributed by atoms with Crippen LogP contribution in [0.25, 0.3) is 0 Å². The van der Waals surface area contributed by atoms with Crippen molar-refractivity contribution in [1.29, 1.82) is 0 Å². The summed E-state index contributed by atoms with van der Waals surface area (Å²) in [5, 5.41) is 11.6. The number of carbonyl (C=O) groups is 1. The molecule has 0 aliphatic heterocycles. The molecule has 0 saturated heterocycles. The van der Waals surface area contributed by atoms with Crippen molar-refractivity contribution in [3.63, 3.8) is 0 Å². The van der Waals surface area contributed by atoms with E-state index in [1.165, 1.54) is 5.19 Å². The molecule has 0 fully saturated rings. The Morgan fingerprint density at radius 3 is 2.52 bits per heavy atom. The van der Waals surface area contributed by atoms with Gasteiger partial charge < -0.3 is 9.84 Å². The molecule has 0 saturated carbocycles. The minimum atomic E-state index is -2.05. The highest BCUT2D eigenvalue weighted by atomic mass is 28.3. The molecule has 0 heterocycles.